The van der Waals surface area contributed by atoms with Crippen LogP contribution in [0.1, 0.15) is 5.56 Å². The molecular weight excluding hydrogens is 239 g/mol. The molecule has 0 aliphatic carbocycles. The lowest BCUT2D eigenvalue weighted by Crippen LogP contribution is -2.10. The van der Waals surface area contributed by atoms with Crippen LogP contribution in [0.2, 0.25) is 0 Å². The first-order chi connectivity index (χ1) is 8.22. The SMILES string of the molecule is Cc1c(NN)ncnc1Sc1ccccc1F. The van der Waals surface area contributed by atoms with Gasteiger partial charge in [-0.05, 0) is 19.1 Å². The fourth-order valence-corrected chi connectivity index (χ4v) is 2.18. The van der Waals surface area contributed by atoms with Crippen LogP contribution in [0.15, 0.2) is 40.5 Å². The Labute approximate surface area is 102 Å². The zero-order chi connectivity index (χ0) is 12.3. The summed E-state index contributed by atoms with van der Waals surface area (Å²) in [6.45, 7) is 1.83. The fraction of sp³-hybridized carbons (Fsp3) is 0.0909. The highest BCUT2D eigenvalue weighted by molar-refractivity contribution is 7.99. The smallest absolute Gasteiger partial charge is 0.147 e. The molecule has 0 saturated carbocycles. The van der Waals surface area contributed by atoms with E-state index >= 15 is 0 Å². The quantitative estimate of drug-likeness (QED) is 0.497. The van der Waals surface area contributed by atoms with Crippen molar-refractivity contribution >= 4 is 17.6 Å². The number of hydrazine groups is 1. The number of nitrogens with one attached hydrogen (secondary N) is 1. The molecule has 0 radical (unpaired) electrons. The predicted octanol–water partition coefficient (Wildman–Crippen LogP) is 2.36. The van der Waals surface area contributed by atoms with Gasteiger partial charge < -0.3 is 5.43 Å². The van der Waals surface area contributed by atoms with Crippen LogP contribution in [-0.4, -0.2) is 9.97 Å². The number of halogens is 1. The molecule has 2 aromatic rings. The normalized spacial score (nSPS) is 10.3. The molecule has 0 unspecified atom stereocenters. The van der Waals surface area contributed by atoms with Gasteiger partial charge >= 0.3 is 0 Å². The van der Waals surface area contributed by atoms with E-state index in [4.69, 9.17) is 5.84 Å². The Hall–Kier alpha value is -1.66. The molecule has 0 amide bonds. The van der Waals surface area contributed by atoms with Gasteiger partial charge in [0, 0.05) is 10.5 Å². The van der Waals surface area contributed by atoms with Crippen LogP contribution in [0.25, 0.3) is 0 Å². The van der Waals surface area contributed by atoms with Crippen molar-refractivity contribution in [1.29, 1.82) is 0 Å². The number of hydrogen-bond donors (Lipinski definition) is 2. The Morgan fingerprint density at radius 1 is 1.29 bits per heavy atom. The molecule has 0 fully saturated rings. The van der Waals surface area contributed by atoms with Gasteiger partial charge in [0.25, 0.3) is 0 Å². The van der Waals surface area contributed by atoms with Crippen molar-refractivity contribution < 1.29 is 4.39 Å². The topological polar surface area (TPSA) is 63.8 Å². The summed E-state index contributed by atoms with van der Waals surface area (Å²) >= 11 is 1.25. The third-order valence-corrected chi connectivity index (χ3v) is 3.37. The van der Waals surface area contributed by atoms with E-state index in [2.05, 4.69) is 15.4 Å². The molecule has 4 nitrogen and oxygen atoms in total. The first kappa shape index (κ1) is 11.8. The van der Waals surface area contributed by atoms with Gasteiger partial charge in [-0.3, -0.25) is 0 Å². The molecule has 1 aromatic heterocycles. The van der Waals surface area contributed by atoms with Gasteiger partial charge in [-0.25, -0.2) is 20.2 Å². The number of nitrogen functional groups attached to an aromatic ring is 1. The maximum atomic E-state index is 13.5. The number of benzene rings is 1. The highest BCUT2D eigenvalue weighted by Gasteiger charge is 2.09. The summed E-state index contributed by atoms with van der Waals surface area (Å²) < 4.78 is 13.5. The van der Waals surface area contributed by atoms with E-state index in [9.17, 15) is 4.39 Å². The Morgan fingerprint density at radius 3 is 2.76 bits per heavy atom. The Balaban J connectivity index is 2.34. The van der Waals surface area contributed by atoms with Crippen molar-refractivity contribution in [3.63, 3.8) is 0 Å². The molecule has 88 valence electrons. The van der Waals surface area contributed by atoms with Crippen molar-refractivity contribution in [2.75, 3.05) is 5.43 Å². The molecule has 0 saturated heterocycles. The number of nitrogens with zero attached hydrogens (tertiary/aromatic N) is 2. The maximum Gasteiger partial charge on any atom is 0.147 e. The summed E-state index contributed by atoms with van der Waals surface area (Å²) in [4.78, 5) is 8.61. The van der Waals surface area contributed by atoms with Crippen LogP contribution in [0, 0.1) is 12.7 Å². The van der Waals surface area contributed by atoms with Crippen LogP contribution in [0.3, 0.4) is 0 Å². The molecule has 0 aliphatic rings. The van der Waals surface area contributed by atoms with Crippen molar-refractivity contribution in [1.82, 2.24) is 9.97 Å². The van der Waals surface area contributed by atoms with Crippen molar-refractivity contribution in [2.45, 2.75) is 16.8 Å². The van der Waals surface area contributed by atoms with Gasteiger partial charge in [0.15, 0.2) is 0 Å². The van der Waals surface area contributed by atoms with Gasteiger partial charge in [0.05, 0.1) is 0 Å². The summed E-state index contributed by atoms with van der Waals surface area (Å²) in [7, 11) is 0. The molecule has 2 rings (SSSR count). The molecule has 17 heavy (non-hydrogen) atoms. The second kappa shape index (κ2) is 5.11. The van der Waals surface area contributed by atoms with E-state index in [1.165, 1.54) is 24.2 Å². The standard InChI is InChI=1S/C11H11FN4S/c1-7-10(16-13)14-6-15-11(7)17-9-5-3-2-4-8(9)12/h2-6H,13H2,1H3,(H,14,15,16). The third kappa shape index (κ3) is 2.54. The predicted molar refractivity (Wildman–Crippen MR) is 65.1 cm³/mol. The van der Waals surface area contributed by atoms with E-state index in [1.807, 2.05) is 6.92 Å². The monoisotopic (exact) mass is 250 g/mol. The zero-order valence-corrected chi connectivity index (χ0v) is 9.96. The Morgan fingerprint density at radius 2 is 2.06 bits per heavy atom. The molecule has 1 heterocycles. The molecule has 6 heteroatoms. The number of rotatable bonds is 3. The first-order valence-electron chi connectivity index (χ1n) is 4.93. The molecular formula is C11H11FN4S. The van der Waals surface area contributed by atoms with Crippen LogP contribution in [0.4, 0.5) is 10.2 Å². The van der Waals surface area contributed by atoms with Crippen LogP contribution < -0.4 is 11.3 Å². The molecule has 0 aliphatic heterocycles. The number of hydrogen-bond acceptors (Lipinski definition) is 5. The summed E-state index contributed by atoms with van der Waals surface area (Å²) in [6, 6.07) is 6.56. The third-order valence-electron chi connectivity index (χ3n) is 2.22. The second-order valence-corrected chi connectivity index (χ2v) is 4.36. The van der Waals surface area contributed by atoms with E-state index < -0.39 is 0 Å². The summed E-state index contributed by atoms with van der Waals surface area (Å²) in [5, 5.41) is 0.679. The average Bonchev–Trinajstić information content (AvgIpc) is 2.34. The minimum Gasteiger partial charge on any atom is -0.308 e. The zero-order valence-electron chi connectivity index (χ0n) is 9.14. The number of nitrogens with two attached hydrogens (primary N) is 1. The number of anilines is 1. The molecule has 3 N–H and O–H groups in total. The summed E-state index contributed by atoms with van der Waals surface area (Å²) in [5.74, 6) is 5.59. The lowest BCUT2D eigenvalue weighted by atomic mass is 10.3. The van der Waals surface area contributed by atoms with Gasteiger partial charge in [0.1, 0.15) is 23.0 Å². The van der Waals surface area contributed by atoms with Gasteiger partial charge in [-0.15, -0.1) is 0 Å². The highest BCUT2D eigenvalue weighted by atomic mass is 32.2. The maximum absolute atomic E-state index is 13.5. The fourth-order valence-electron chi connectivity index (χ4n) is 1.31. The molecule has 1 aromatic carbocycles. The molecule has 0 spiro atoms. The van der Waals surface area contributed by atoms with E-state index in [0.29, 0.717) is 15.7 Å². The van der Waals surface area contributed by atoms with Crippen LogP contribution in [-0.2, 0) is 0 Å². The van der Waals surface area contributed by atoms with Crippen molar-refractivity contribution in [3.05, 3.63) is 42.0 Å². The van der Waals surface area contributed by atoms with E-state index in [1.54, 1.807) is 18.2 Å². The molecule has 0 atom stereocenters. The summed E-state index contributed by atoms with van der Waals surface area (Å²) in [6.07, 6.45) is 1.39. The first-order valence-corrected chi connectivity index (χ1v) is 5.74. The summed E-state index contributed by atoms with van der Waals surface area (Å²) in [5.41, 5.74) is 3.27. The van der Waals surface area contributed by atoms with Gasteiger partial charge in [-0.2, -0.15) is 0 Å². The van der Waals surface area contributed by atoms with Crippen LogP contribution >= 0.6 is 11.8 Å². The lowest BCUT2D eigenvalue weighted by Gasteiger charge is -2.08. The largest absolute Gasteiger partial charge is 0.308 e. The van der Waals surface area contributed by atoms with Gasteiger partial charge in [0.2, 0.25) is 0 Å². The second-order valence-electron chi connectivity index (χ2n) is 3.33. The van der Waals surface area contributed by atoms with Gasteiger partial charge in [-0.1, -0.05) is 23.9 Å². The van der Waals surface area contributed by atoms with Crippen LogP contribution in [0.5, 0.6) is 0 Å². The Bertz CT molecular complexity index is 533. The average molecular weight is 250 g/mol. The van der Waals surface area contributed by atoms with Crippen molar-refractivity contribution in [2.24, 2.45) is 5.84 Å². The van der Waals surface area contributed by atoms with Crippen molar-refractivity contribution in [3.8, 4) is 0 Å². The minimum atomic E-state index is -0.266. The van der Waals surface area contributed by atoms with E-state index in [-0.39, 0.29) is 5.82 Å². The molecule has 0 bridgehead atoms. The Kier molecular flexibility index (Phi) is 3.55. The van der Waals surface area contributed by atoms with E-state index in [0.717, 1.165) is 5.56 Å². The lowest BCUT2D eigenvalue weighted by molar-refractivity contribution is 0.602. The highest BCUT2D eigenvalue weighted by Crippen LogP contribution is 2.31. The minimum absolute atomic E-state index is 0.266. The number of aromatic nitrogens is 2.